The summed E-state index contributed by atoms with van der Waals surface area (Å²) in [6.07, 6.45) is 0. The topological polar surface area (TPSA) is 54.5 Å². The van der Waals surface area contributed by atoms with Crippen molar-refractivity contribution in [1.82, 2.24) is 20.6 Å². The molecule has 1 radical (unpaired) electrons. The minimum atomic E-state index is 0. The van der Waals surface area contributed by atoms with Crippen LogP contribution in [0.5, 0.6) is 0 Å². The van der Waals surface area contributed by atoms with E-state index in [1.807, 2.05) is 0 Å². The fraction of sp³-hybridized carbons (Fsp3) is 0.500. The molecule has 0 amide bonds. The van der Waals surface area contributed by atoms with Gasteiger partial charge in [-0.05, 0) is 17.4 Å². The van der Waals surface area contributed by atoms with Gasteiger partial charge in [0.15, 0.2) is 0 Å². The molecule has 0 atom stereocenters. The summed E-state index contributed by atoms with van der Waals surface area (Å²) in [7, 11) is 0. The van der Waals surface area contributed by atoms with Crippen molar-refractivity contribution in [2.75, 3.05) is 0 Å². The Bertz CT molecular complexity index is 113. The molecule has 0 saturated heterocycles. The van der Waals surface area contributed by atoms with Crippen molar-refractivity contribution in [1.29, 1.82) is 0 Å². The molecule has 0 aliphatic heterocycles. The molecule has 0 saturated carbocycles. The number of aromatic nitrogens is 4. The predicted molar refractivity (Wildman–Crippen MR) is 18.9 cm³/mol. The molecule has 41 valence electrons. The Kier molecular flexibility index (Phi) is 2.54. The zero-order chi connectivity index (χ0) is 4.41. The van der Waals surface area contributed by atoms with Crippen LogP contribution in [0.3, 0.4) is 0 Å². The normalized spacial score (nSPS) is 7.57. The van der Waals surface area contributed by atoms with Crippen LogP contribution in [0.15, 0.2) is 0 Å². The maximum atomic E-state index is 3.50. The second-order valence-electron chi connectivity index (χ2n) is 0.987. The van der Waals surface area contributed by atoms with Crippen LogP contribution in [0.4, 0.5) is 0 Å². The van der Waals surface area contributed by atoms with Crippen LogP contribution in [0, 0.1) is 6.92 Å². The van der Waals surface area contributed by atoms with Crippen LogP contribution in [-0.4, -0.2) is 20.6 Å². The monoisotopic (exact) mass is 143 g/mol. The van der Waals surface area contributed by atoms with Crippen molar-refractivity contribution in [3.8, 4) is 0 Å². The van der Waals surface area contributed by atoms with Crippen molar-refractivity contribution >= 4 is 0 Å². The Morgan fingerprint density at radius 2 is 2.29 bits per heavy atom. The van der Waals surface area contributed by atoms with Gasteiger partial charge in [-0.3, -0.25) is 0 Å². The number of hydrogen-bond donors (Lipinski definition) is 1. The molecular weight excluding hydrogens is 139 g/mol. The van der Waals surface area contributed by atoms with Crippen LogP contribution >= 0.6 is 0 Å². The second kappa shape index (κ2) is 2.70. The molecule has 0 aliphatic carbocycles. The van der Waals surface area contributed by atoms with E-state index in [0.29, 0.717) is 0 Å². The summed E-state index contributed by atoms with van der Waals surface area (Å²) in [6, 6.07) is 0. The van der Waals surface area contributed by atoms with Gasteiger partial charge in [0.1, 0.15) is 5.82 Å². The molecule has 1 aromatic heterocycles. The maximum absolute atomic E-state index is 3.50. The molecule has 1 rings (SSSR count). The molecule has 0 unspecified atom stereocenters. The Labute approximate surface area is 50.9 Å². The van der Waals surface area contributed by atoms with Crippen LogP contribution in [0.1, 0.15) is 5.82 Å². The molecule has 4 nitrogen and oxygen atoms in total. The molecule has 5 heteroatoms. The van der Waals surface area contributed by atoms with Gasteiger partial charge >= 0.3 is 0 Å². The maximum Gasteiger partial charge on any atom is 0.145 e. The minimum absolute atomic E-state index is 0. The van der Waals surface area contributed by atoms with Crippen molar-refractivity contribution in [3.05, 3.63) is 5.82 Å². The van der Waals surface area contributed by atoms with E-state index in [-0.39, 0.29) is 16.8 Å². The Morgan fingerprint density at radius 1 is 1.57 bits per heavy atom. The predicted octanol–water partition coefficient (Wildman–Crippen LogP) is -0.494. The fourth-order valence-corrected chi connectivity index (χ4v) is 0.207. The number of tetrazole rings is 1. The van der Waals surface area contributed by atoms with Crippen molar-refractivity contribution in [2.45, 2.75) is 6.92 Å². The number of hydrogen-bond acceptors (Lipinski definition) is 3. The quantitative estimate of drug-likeness (QED) is 0.532. The smallest absolute Gasteiger partial charge is 0.145 e. The summed E-state index contributed by atoms with van der Waals surface area (Å²) < 4.78 is 0. The van der Waals surface area contributed by atoms with E-state index >= 15 is 0 Å². The Hall–Kier alpha value is -0.424. The third kappa shape index (κ3) is 1.65. The zero-order valence-corrected chi connectivity index (χ0v) is 4.72. The zero-order valence-electron chi connectivity index (χ0n) is 3.67. The van der Waals surface area contributed by atoms with E-state index in [4.69, 9.17) is 0 Å². The van der Waals surface area contributed by atoms with E-state index in [2.05, 4.69) is 20.6 Å². The van der Waals surface area contributed by atoms with Crippen molar-refractivity contribution in [3.63, 3.8) is 0 Å². The fourth-order valence-electron chi connectivity index (χ4n) is 0.207. The molecule has 0 aliphatic rings. The Balaban J connectivity index is 0.000000360. The largest absolute Gasteiger partial charge is 0.243 e. The van der Waals surface area contributed by atoms with Gasteiger partial charge < -0.3 is 0 Å². The first-order chi connectivity index (χ1) is 2.89. The van der Waals surface area contributed by atoms with E-state index in [1.165, 1.54) is 0 Å². The average Bonchev–Trinajstić information content (AvgIpc) is 1.86. The first-order valence-corrected chi connectivity index (χ1v) is 1.60. The molecule has 0 aromatic carbocycles. The molecule has 1 aromatic rings. The first-order valence-electron chi connectivity index (χ1n) is 1.60. The van der Waals surface area contributed by atoms with Gasteiger partial charge in [-0.2, -0.15) is 0 Å². The standard InChI is InChI=1S/C2H4N4.Co/c1-2-3-5-6-4-2;/h1H3,(H,3,4,5,6);. The number of nitrogens with zero attached hydrogens (tertiary/aromatic N) is 3. The summed E-state index contributed by atoms with van der Waals surface area (Å²) in [5, 5.41) is 12.6. The SMILES string of the molecule is Cc1nnn[nH]1.[Co]. The summed E-state index contributed by atoms with van der Waals surface area (Å²) in [6.45, 7) is 1.79. The molecule has 1 heterocycles. The molecule has 7 heavy (non-hydrogen) atoms. The van der Waals surface area contributed by atoms with Gasteiger partial charge in [0.05, 0.1) is 0 Å². The second-order valence-corrected chi connectivity index (χ2v) is 0.987. The van der Waals surface area contributed by atoms with Crippen LogP contribution in [0.2, 0.25) is 0 Å². The minimum Gasteiger partial charge on any atom is -0.243 e. The van der Waals surface area contributed by atoms with Crippen LogP contribution in [-0.2, 0) is 16.8 Å². The van der Waals surface area contributed by atoms with E-state index in [1.54, 1.807) is 6.92 Å². The van der Waals surface area contributed by atoms with Gasteiger partial charge in [-0.1, -0.05) is 0 Å². The average molecular weight is 143 g/mol. The third-order valence-electron chi connectivity index (χ3n) is 0.451. The first kappa shape index (κ1) is 6.58. The van der Waals surface area contributed by atoms with Gasteiger partial charge in [0.25, 0.3) is 0 Å². The van der Waals surface area contributed by atoms with Gasteiger partial charge in [-0.25, -0.2) is 5.10 Å². The summed E-state index contributed by atoms with van der Waals surface area (Å²) in [5.41, 5.74) is 0. The van der Waals surface area contributed by atoms with E-state index in [9.17, 15) is 0 Å². The van der Waals surface area contributed by atoms with Gasteiger partial charge in [0.2, 0.25) is 0 Å². The molecular formula is C2H4CoN4. The summed E-state index contributed by atoms with van der Waals surface area (Å²) in [5.74, 6) is 0.745. The van der Waals surface area contributed by atoms with Crippen LogP contribution in [0.25, 0.3) is 0 Å². The molecule has 1 N–H and O–H groups in total. The van der Waals surface area contributed by atoms with Crippen molar-refractivity contribution < 1.29 is 16.8 Å². The van der Waals surface area contributed by atoms with E-state index < -0.39 is 0 Å². The number of nitrogens with one attached hydrogen (secondary N) is 1. The summed E-state index contributed by atoms with van der Waals surface area (Å²) in [4.78, 5) is 0. The number of H-pyrrole nitrogens is 1. The molecule has 0 spiro atoms. The summed E-state index contributed by atoms with van der Waals surface area (Å²) >= 11 is 0. The molecule has 0 bridgehead atoms. The Morgan fingerprint density at radius 3 is 2.43 bits per heavy atom. The third-order valence-corrected chi connectivity index (χ3v) is 0.451. The number of aryl methyl sites for hydroxylation is 1. The van der Waals surface area contributed by atoms with E-state index in [0.717, 1.165) is 5.82 Å². The van der Waals surface area contributed by atoms with Crippen molar-refractivity contribution in [2.24, 2.45) is 0 Å². The van der Waals surface area contributed by atoms with Gasteiger partial charge in [0, 0.05) is 16.8 Å². The van der Waals surface area contributed by atoms with Gasteiger partial charge in [-0.15, -0.1) is 5.10 Å². The number of aromatic amines is 1. The van der Waals surface area contributed by atoms with Crippen LogP contribution < -0.4 is 0 Å². The number of rotatable bonds is 0. The molecule has 0 fully saturated rings.